The van der Waals surface area contributed by atoms with Gasteiger partial charge in [0, 0.05) is 12.1 Å². The number of anilines is 1. The zero-order chi connectivity index (χ0) is 14.7. The lowest BCUT2D eigenvalue weighted by Gasteiger charge is -2.25. The molecule has 4 N–H and O–H groups in total. The van der Waals surface area contributed by atoms with Gasteiger partial charge in [0.15, 0.2) is 0 Å². The molecule has 1 fully saturated rings. The SMILES string of the molecule is Nc1cc(C(=O)NCC2CCC(O)CC2)cc(Cl)c1Cl. The van der Waals surface area contributed by atoms with E-state index in [1.807, 2.05) is 0 Å². The molecule has 6 heteroatoms. The van der Waals surface area contributed by atoms with Gasteiger partial charge in [-0.3, -0.25) is 4.79 Å². The average molecular weight is 317 g/mol. The largest absolute Gasteiger partial charge is 0.397 e. The molecule has 1 amide bonds. The summed E-state index contributed by atoms with van der Waals surface area (Å²) in [5, 5.41) is 12.9. The number of hydrogen-bond donors (Lipinski definition) is 3. The number of rotatable bonds is 3. The van der Waals surface area contributed by atoms with Crippen LogP contribution in [0.3, 0.4) is 0 Å². The van der Waals surface area contributed by atoms with Crippen LogP contribution in [0, 0.1) is 5.92 Å². The second-order valence-electron chi connectivity index (χ2n) is 5.25. The highest BCUT2D eigenvalue weighted by Gasteiger charge is 2.20. The number of aliphatic hydroxyl groups excluding tert-OH is 1. The van der Waals surface area contributed by atoms with Gasteiger partial charge < -0.3 is 16.2 Å². The zero-order valence-electron chi connectivity index (χ0n) is 11.0. The molecule has 0 atom stereocenters. The van der Waals surface area contributed by atoms with Crippen molar-refractivity contribution in [2.75, 3.05) is 12.3 Å². The maximum atomic E-state index is 12.0. The van der Waals surface area contributed by atoms with Crippen molar-refractivity contribution in [1.82, 2.24) is 5.32 Å². The standard InChI is InChI=1S/C14H18Cl2N2O2/c15-11-5-9(6-12(17)13(11)16)14(20)18-7-8-1-3-10(19)4-2-8/h5-6,8,10,19H,1-4,7,17H2,(H,18,20). The van der Waals surface area contributed by atoms with Crippen LogP contribution in [-0.4, -0.2) is 23.7 Å². The van der Waals surface area contributed by atoms with Crippen LogP contribution in [0.25, 0.3) is 0 Å². The predicted molar refractivity (Wildman–Crippen MR) is 81.2 cm³/mol. The number of aliphatic hydroxyl groups is 1. The molecule has 4 nitrogen and oxygen atoms in total. The number of nitrogen functional groups attached to an aromatic ring is 1. The van der Waals surface area contributed by atoms with Crippen molar-refractivity contribution < 1.29 is 9.90 Å². The lowest BCUT2D eigenvalue weighted by atomic mass is 9.87. The number of carbonyl (C=O) groups excluding carboxylic acids is 1. The second kappa shape index (κ2) is 6.66. The van der Waals surface area contributed by atoms with Crippen LogP contribution in [0.1, 0.15) is 36.0 Å². The molecule has 0 radical (unpaired) electrons. The van der Waals surface area contributed by atoms with Crippen molar-refractivity contribution in [2.45, 2.75) is 31.8 Å². The number of nitrogens with one attached hydrogen (secondary N) is 1. The molecule has 1 aromatic carbocycles. The molecular formula is C14H18Cl2N2O2. The first-order valence-corrected chi connectivity index (χ1v) is 7.43. The summed E-state index contributed by atoms with van der Waals surface area (Å²) < 4.78 is 0. The molecule has 1 saturated carbocycles. The first-order valence-electron chi connectivity index (χ1n) is 6.68. The zero-order valence-corrected chi connectivity index (χ0v) is 12.5. The average Bonchev–Trinajstić information content (AvgIpc) is 2.43. The van der Waals surface area contributed by atoms with E-state index in [-0.39, 0.29) is 22.1 Å². The van der Waals surface area contributed by atoms with Crippen molar-refractivity contribution in [3.63, 3.8) is 0 Å². The maximum absolute atomic E-state index is 12.0. The van der Waals surface area contributed by atoms with Gasteiger partial charge in [-0.25, -0.2) is 0 Å². The minimum atomic E-state index is -0.207. The van der Waals surface area contributed by atoms with E-state index in [0.29, 0.717) is 23.7 Å². The van der Waals surface area contributed by atoms with Gasteiger partial charge in [-0.2, -0.15) is 0 Å². The van der Waals surface area contributed by atoms with Crippen molar-refractivity contribution in [3.05, 3.63) is 27.7 Å². The summed E-state index contributed by atoms with van der Waals surface area (Å²) in [5.41, 5.74) is 6.40. The molecule has 0 heterocycles. The fourth-order valence-corrected chi connectivity index (χ4v) is 2.77. The monoisotopic (exact) mass is 316 g/mol. The number of nitrogens with two attached hydrogens (primary N) is 1. The Balaban J connectivity index is 1.92. The highest BCUT2D eigenvalue weighted by molar-refractivity contribution is 6.43. The number of halogens is 2. The molecule has 1 aliphatic rings. The van der Waals surface area contributed by atoms with Crippen LogP contribution >= 0.6 is 23.2 Å². The molecule has 0 aromatic heterocycles. The van der Waals surface area contributed by atoms with Gasteiger partial charge in [0.2, 0.25) is 0 Å². The van der Waals surface area contributed by atoms with Gasteiger partial charge in [0.1, 0.15) is 0 Å². The molecule has 1 aromatic rings. The third kappa shape index (κ3) is 3.78. The third-order valence-electron chi connectivity index (χ3n) is 3.69. The van der Waals surface area contributed by atoms with Crippen LogP contribution < -0.4 is 11.1 Å². The van der Waals surface area contributed by atoms with Gasteiger partial charge >= 0.3 is 0 Å². The first kappa shape index (κ1) is 15.4. The quantitative estimate of drug-likeness (QED) is 0.750. The van der Waals surface area contributed by atoms with Crippen LogP contribution in [0.15, 0.2) is 12.1 Å². The summed E-state index contributed by atoms with van der Waals surface area (Å²) in [6.07, 6.45) is 3.30. The minimum absolute atomic E-state index is 0.183. The van der Waals surface area contributed by atoms with Gasteiger partial charge in [-0.15, -0.1) is 0 Å². The molecular weight excluding hydrogens is 299 g/mol. The van der Waals surface area contributed by atoms with E-state index in [0.717, 1.165) is 25.7 Å². The minimum Gasteiger partial charge on any atom is -0.397 e. The van der Waals surface area contributed by atoms with Crippen LogP contribution in [-0.2, 0) is 0 Å². The Hall–Kier alpha value is -0.970. The topological polar surface area (TPSA) is 75.4 Å². The summed E-state index contributed by atoms with van der Waals surface area (Å²) >= 11 is 11.8. The maximum Gasteiger partial charge on any atom is 0.251 e. The van der Waals surface area contributed by atoms with E-state index in [1.165, 1.54) is 12.1 Å². The molecule has 0 spiro atoms. The van der Waals surface area contributed by atoms with E-state index in [2.05, 4.69) is 5.32 Å². The Morgan fingerprint density at radius 3 is 2.55 bits per heavy atom. The van der Waals surface area contributed by atoms with Gasteiger partial charge in [-0.05, 0) is 43.7 Å². The predicted octanol–water partition coefficient (Wildman–Crippen LogP) is 2.86. The molecule has 110 valence electrons. The molecule has 20 heavy (non-hydrogen) atoms. The Kier molecular flexibility index (Phi) is 5.13. The first-order chi connectivity index (χ1) is 9.47. The summed E-state index contributed by atoms with van der Waals surface area (Å²) in [5.74, 6) is 0.212. The van der Waals surface area contributed by atoms with Gasteiger partial charge in [0.05, 0.1) is 21.8 Å². The number of carbonyl (C=O) groups is 1. The number of benzene rings is 1. The molecule has 1 aliphatic carbocycles. The Morgan fingerprint density at radius 1 is 1.30 bits per heavy atom. The molecule has 0 unspecified atom stereocenters. The van der Waals surface area contributed by atoms with E-state index in [1.54, 1.807) is 0 Å². The van der Waals surface area contributed by atoms with Crippen molar-refractivity contribution >= 4 is 34.8 Å². The third-order valence-corrected chi connectivity index (χ3v) is 4.50. The Labute approximate surface area is 128 Å². The smallest absolute Gasteiger partial charge is 0.251 e. The van der Waals surface area contributed by atoms with Crippen LogP contribution in [0.5, 0.6) is 0 Å². The fourth-order valence-electron chi connectivity index (χ4n) is 2.43. The highest BCUT2D eigenvalue weighted by atomic mass is 35.5. The van der Waals surface area contributed by atoms with Gasteiger partial charge in [0.25, 0.3) is 5.91 Å². The Morgan fingerprint density at radius 2 is 1.95 bits per heavy atom. The summed E-state index contributed by atoms with van der Waals surface area (Å²) in [6, 6.07) is 3.04. The van der Waals surface area contributed by atoms with E-state index < -0.39 is 0 Å². The number of amides is 1. The van der Waals surface area contributed by atoms with Crippen molar-refractivity contribution in [2.24, 2.45) is 5.92 Å². The fraction of sp³-hybridized carbons (Fsp3) is 0.500. The van der Waals surface area contributed by atoms with Crippen LogP contribution in [0.2, 0.25) is 10.0 Å². The highest BCUT2D eigenvalue weighted by Crippen LogP contribution is 2.29. The van der Waals surface area contributed by atoms with Crippen molar-refractivity contribution in [3.8, 4) is 0 Å². The van der Waals surface area contributed by atoms with Crippen LogP contribution in [0.4, 0.5) is 5.69 Å². The van der Waals surface area contributed by atoms with E-state index >= 15 is 0 Å². The van der Waals surface area contributed by atoms with E-state index in [9.17, 15) is 9.90 Å². The summed E-state index contributed by atoms with van der Waals surface area (Å²) in [7, 11) is 0. The normalized spacial score (nSPS) is 22.6. The number of hydrogen-bond acceptors (Lipinski definition) is 3. The molecule has 2 rings (SSSR count). The summed E-state index contributed by atoms with van der Waals surface area (Å²) in [4.78, 5) is 12.0. The lowest BCUT2D eigenvalue weighted by Crippen LogP contribution is -2.32. The van der Waals surface area contributed by atoms with Gasteiger partial charge in [-0.1, -0.05) is 23.2 Å². The molecule has 0 aliphatic heterocycles. The Bertz CT molecular complexity index is 477. The second-order valence-corrected chi connectivity index (χ2v) is 6.03. The summed E-state index contributed by atoms with van der Waals surface area (Å²) in [6.45, 7) is 0.603. The van der Waals surface area contributed by atoms with E-state index in [4.69, 9.17) is 28.9 Å². The lowest BCUT2D eigenvalue weighted by molar-refractivity contribution is 0.0910. The molecule has 0 bridgehead atoms. The van der Waals surface area contributed by atoms with Crippen molar-refractivity contribution in [1.29, 1.82) is 0 Å². The molecule has 0 saturated heterocycles.